The Hall–Kier alpha value is -2.56. The van der Waals surface area contributed by atoms with Gasteiger partial charge in [0.05, 0.1) is 17.8 Å². The zero-order valence-electron chi connectivity index (χ0n) is 15.1. The number of halogens is 7. The third-order valence-electron chi connectivity index (χ3n) is 4.95. The molecule has 0 spiro atoms. The lowest BCUT2D eigenvalue weighted by Crippen LogP contribution is -2.44. The van der Waals surface area contributed by atoms with E-state index in [2.05, 4.69) is 26.2 Å². The minimum atomic E-state index is -5.04. The molecule has 0 N–H and O–H groups in total. The second kappa shape index (κ2) is 6.73. The van der Waals surface area contributed by atoms with Gasteiger partial charge in [-0.15, -0.1) is 0 Å². The van der Waals surface area contributed by atoms with E-state index >= 15 is 0 Å². The van der Waals surface area contributed by atoms with Gasteiger partial charge in [-0.25, -0.2) is 0 Å². The highest BCUT2D eigenvalue weighted by atomic mass is 79.9. The Balaban J connectivity index is 1.83. The van der Waals surface area contributed by atoms with Crippen molar-refractivity contribution in [1.29, 1.82) is 0 Å². The van der Waals surface area contributed by atoms with Gasteiger partial charge in [0.15, 0.2) is 5.69 Å². The fraction of sp³-hybridized carbons (Fsp3) is 0.263. The van der Waals surface area contributed by atoms with Crippen molar-refractivity contribution in [1.82, 2.24) is 9.78 Å². The number of benzene rings is 2. The van der Waals surface area contributed by atoms with Crippen molar-refractivity contribution < 1.29 is 31.2 Å². The summed E-state index contributed by atoms with van der Waals surface area (Å²) in [5.74, 6) is 0. The van der Waals surface area contributed by atoms with Gasteiger partial charge in [-0.2, -0.15) is 31.4 Å². The molecule has 0 aliphatic carbocycles. The molecule has 11 heteroatoms. The molecule has 4 nitrogen and oxygen atoms in total. The summed E-state index contributed by atoms with van der Waals surface area (Å²) in [5, 5.41) is 8.24. The van der Waals surface area contributed by atoms with E-state index in [4.69, 9.17) is 4.84 Å². The van der Waals surface area contributed by atoms with Gasteiger partial charge in [-0.05, 0) is 22.9 Å². The van der Waals surface area contributed by atoms with Crippen LogP contribution in [0.2, 0.25) is 0 Å². The summed E-state index contributed by atoms with van der Waals surface area (Å²) in [6.07, 6.45) is -10.7. The number of fused-ring (bicyclic) bond motifs is 1. The number of nitrogens with zero attached hydrogens (tertiary/aromatic N) is 3. The molecule has 0 bridgehead atoms. The lowest BCUT2D eigenvalue weighted by Gasteiger charge is -2.28. The molecular weight excluding hydrogens is 480 g/mol. The fourth-order valence-electron chi connectivity index (χ4n) is 3.51. The Bertz CT molecular complexity index is 1170. The normalized spacial score (nSPS) is 19.8. The SMILES string of the molecule is Cn1nc(C(F)(F)F)cc1C1(C(F)(F)F)CC(c2ccc(Br)c3ccccc23)=NO1. The summed E-state index contributed by atoms with van der Waals surface area (Å²) < 4.78 is 82.7. The van der Waals surface area contributed by atoms with Crippen LogP contribution in [-0.4, -0.2) is 21.7 Å². The molecule has 0 radical (unpaired) electrons. The van der Waals surface area contributed by atoms with Gasteiger partial charge in [-0.1, -0.05) is 51.4 Å². The molecule has 3 aromatic rings. The zero-order valence-corrected chi connectivity index (χ0v) is 16.7. The molecule has 0 saturated carbocycles. The first-order chi connectivity index (χ1) is 13.9. The van der Waals surface area contributed by atoms with Crippen LogP contribution >= 0.6 is 15.9 Å². The van der Waals surface area contributed by atoms with Crippen molar-refractivity contribution in [2.45, 2.75) is 24.4 Å². The van der Waals surface area contributed by atoms with Crippen LogP contribution in [0.4, 0.5) is 26.3 Å². The lowest BCUT2D eigenvalue weighted by atomic mass is 9.88. The van der Waals surface area contributed by atoms with E-state index in [-0.39, 0.29) is 5.71 Å². The number of rotatable bonds is 2. The molecule has 1 unspecified atom stereocenters. The summed E-state index contributed by atoms with van der Waals surface area (Å²) in [4.78, 5) is 4.87. The van der Waals surface area contributed by atoms with Gasteiger partial charge in [0.2, 0.25) is 0 Å². The van der Waals surface area contributed by atoms with Crippen LogP contribution in [0.1, 0.15) is 23.4 Å². The van der Waals surface area contributed by atoms with Gasteiger partial charge >= 0.3 is 12.4 Å². The monoisotopic (exact) mass is 491 g/mol. The Morgan fingerprint density at radius 2 is 1.70 bits per heavy atom. The highest BCUT2D eigenvalue weighted by molar-refractivity contribution is 9.10. The third-order valence-corrected chi connectivity index (χ3v) is 5.64. The molecule has 158 valence electrons. The predicted octanol–water partition coefficient (Wildman–Crippen LogP) is 5.94. The van der Waals surface area contributed by atoms with Crippen LogP contribution in [0.25, 0.3) is 10.8 Å². The summed E-state index contributed by atoms with van der Waals surface area (Å²) in [6.45, 7) is 0. The Kier molecular flexibility index (Phi) is 4.64. The molecular formula is C19H12BrF6N3O. The number of oxime groups is 1. The van der Waals surface area contributed by atoms with E-state index in [9.17, 15) is 26.3 Å². The van der Waals surface area contributed by atoms with E-state index < -0.39 is 35.8 Å². The number of hydrogen-bond donors (Lipinski definition) is 0. The highest BCUT2D eigenvalue weighted by Crippen LogP contribution is 2.50. The van der Waals surface area contributed by atoms with Crippen molar-refractivity contribution in [3.8, 4) is 0 Å². The third kappa shape index (κ3) is 3.15. The smallest absolute Gasteiger partial charge is 0.372 e. The largest absolute Gasteiger partial charge is 0.437 e. The minimum Gasteiger partial charge on any atom is -0.372 e. The first-order valence-corrected chi connectivity index (χ1v) is 9.34. The molecule has 1 atom stereocenters. The quantitative estimate of drug-likeness (QED) is 0.416. The van der Waals surface area contributed by atoms with Gasteiger partial charge in [0, 0.05) is 17.1 Å². The van der Waals surface area contributed by atoms with Crippen LogP contribution in [0, 0.1) is 0 Å². The predicted molar refractivity (Wildman–Crippen MR) is 99.8 cm³/mol. The standard InChI is InChI=1S/C19H12BrF6N3O/c1-29-16(8-15(27-29)18(21,22)23)17(19(24,25)26)9-14(28-30-17)12-6-7-13(20)11-5-3-2-4-10(11)12/h2-8H,9H2,1H3. The number of aryl methyl sites for hydroxylation is 1. The molecule has 2 heterocycles. The highest BCUT2D eigenvalue weighted by Gasteiger charge is 2.64. The van der Waals surface area contributed by atoms with Crippen LogP contribution < -0.4 is 0 Å². The van der Waals surface area contributed by atoms with Crippen LogP contribution in [0.15, 0.2) is 52.1 Å². The van der Waals surface area contributed by atoms with Crippen molar-refractivity contribution in [2.24, 2.45) is 12.2 Å². The summed E-state index contributed by atoms with van der Waals surface area (Å²) >= 11 is 3.39. The van der Waals surface area contributed by atoms with Crippen LogP contribution in [0.3, 0.4) is 0 Å². The van der Waals surface area contributed by atoms with Crippen molar-refractivity contribution >= 4 is 32.4 Å². The lowest BCUT2D eigenvalue weighted by molar-refractivity contribution is -0.278. The molecule has 4 rings (SSSR count). The molecule has 2 aromatic carbocycles. The van der Waals surface area contributed by atoms with Gasteiger partial charge in [-0.3, -0.25) is 4.68 Å². The fourth-order valence-corrected chi connectivity index (χ4v) is 3.99. The van der Waals surface area contributed by atoms with Crippen molar-refractivity contribution in [3.63, 3.8) is 0 Å². The summed E-state index contributed by atoms with van der Waals surface area (Å²) in [7, 11) is 1.01. The van der Waals surface area contributed by atoms with Crippen molar-refractivity contribution in [3.05, 3.63) is 63.9 Å². The van der Waals surface area contributed by atoms with Crippen molar-refractivity contribution in [2.75, 3.05) is 0 Å². The molecule has 0 amide bonds. The van der Waals surface area contributed by atoms with E-state index in [0.717, 1.165) is 16.9 Å². The molecule has 0 saturated heterocycles. The molecule has 1 aliphatic heterocycles. The average molecular weight is 492 g/mol. The van der Waals surface area contributed by atoms with E-state index in [1.807, 2.05) is 0 Å². The van der Waals surface area contributed by atoms with Gasteiger partial charge in [0.25, 0.3) is 5.60 Å². The van der Waals surface area contributed by atoms with Crippen LogP contribution in [0.5, 0.6) is 0 Å². The van der Waals surface area contributed by atoms with E-state index in [1.165, 1.54) is 0 Å². The molecule has 30 heavy (non-hydrogen) atoms. The number of alkyl halides is 6. The molecule has 1 aliphatic rings. The molecule has 0 fully saturated rings. The van der Waals surface area contributed by atoms with Gasteiger partial charge < -0.3 is 4.84 Å². The second-order valence-electron chi connectivity index (χ2n) is 6.81. The first kappa shape index (κ1) is 20.7. The minimum absolute atomic E-state index is 0.0224. The summed E-state index contributed by atoms with van der Waals surface area (Å²) in [6, 6.07) is 10.6. The van der Waals surface area contributed by atoms with Crippen LogP contribution in [-0.2, 0) is 23.7 Å². The van der Waals surface area contributed by atoms with Gasteiger partial charge in [0.1, 0.15) is 0 Å². The maximum Gasteiger partial charge on any atom is 0.437 e. The first-order valence-electron chi connectivity index (χ1n) is 8.55. The van der Waals surface area contributed by atoms with E-state index in [1.54, 1.807) is 36.4 Å². The summed E-state index contributed by atoms with van der Waals surface area (Å²) in [5.41, 5.74) is -4.91. The Morgan fingerprint density at radius 3 is 2.30 bits per heavy atom. The zero-order chi connectivity index (χ0) is 21.9. The molecule has 1 aromatic heterocycles. The van der Waals surface area contributed by atoms with E-state index in [0.29, 0.717) is 21.7 Å². The second-order valence-corrected chi connectivity index (χ2v) is 7.66. The Morgan fingerprint density at radius 1 is 1.03 bits per heavy atom. The number of aromatic nitrogens is 2. The maximum absolute atomic E-state index is 14.1. The topological polar surface area (TPSA) is 39.4 Å². The number of hydrogen-bond acceptors (Lipinski definition) is 3. The average Bonchev–Trinajstić information content (AvgIpc) is 3.26. The Labute approximate surface area is 174 Å². The maximum atomic E-state index is 14.1.